The quantitative estimate of drug-likeness (QED) is 0.865. The van der Waals surface area contributed by atoms with Gasteiger partial charge in [0.1, 0.15) is 5.75 Å². The minimum absolute atomic E-state index is 0.571. The van der Waals surface area contributed by atoms with Gasteiger partial charge in [0.2, 0.25) is 0 Å². The molecule has 1 saturated carbocycles. The van der Waals surface area contributed by atoms with Gasteiger partial charge in [0.25, 0.3) is 0 Å². The van der Waals surface area contributed by atoms with Crippen molar-refractivity contribution in [2.45, 2.75) is 44.2 Å². The molecule has 2 rings (SSSR count). The molecule has 0 aliphatic heterocycles. The summed E-state index contributed by atoms with van der Waals surface area (Å²) < 4.78 is 5.30. The summed E-state index contributed by atoms with van der Waals surface area (Å²) in [6.07, 6.45) is 5.17. The number of hydrogen-bond acceptors (Lipinski definition) is 4. The summed E-state index contributed by atoms with van der Waals surface area (Å²) >= 11 is 0. The van der Waals surface area contributed by atoms with Crippen molar-refractivity contribution in [2.75, 3.05) is 13.7 Å². The van der Waals surface area contributed by atoms with Gasteiger partial charge in [-0.3, -0.25) is 0 Å². The second-order valence-corrected chi connectivity index (χ2v) is 5.53. The minimum Gasteiger partial charge on any atom is -0.496 e. The van der Waals surface area contributed by atoms with Crippen LogP contribution in [0.15, 0.2) is 18.2 Å². The molecule has 1 aromatic carbocycles. The first-order chi connectivity index (χ1) is 9.67. The third-order valence-corrected chi connectivity index (χ3v) is 3.96. The number of methoxy groups -OCH3 is 1. The zero-order valence-corrected chi connectivity index (χ0v) is 12.0. The first kappa shape index (κ1) is 14.8. The summed E-state index contributed by atoms with van der Waals surface area (Å²) in [6.45, 7) is 1.19. The maximum absolute atomic E-state index is 10.4. The maximum atomic E-state index is 10.4. The van der Waals surface area contributed by atoms with Crippen molar-refractivity contribution in [3.8, 4) is 11.8 Å². The molecule has 108 valence electrons. The highest BCUT2D eigenvalue weighted by Gasteiger charge is 2.28. The predicted octanol–water partition coefficient (Wildman–Crippen LogP) is 2.35. The van der Waals surface area contributed by atoms with Gasteiger partial charge in [-0.15, -0.1) is 0 Å². The summed E-state index contributed by atoms with van der Waals surface area (Å²) in [4.78, 5) is 0. The Hall–Kier alpha value is -1.57. The van der Waals surface area contributed by atoms with Crippen molar-refractivity contribution >= 4 is 0 Å². The van der Waals surface area contributed by atoms with Crippen LogP contribution in [-0.4, -0.2) is 24.4 Å². The molecule has 0 amide bonds. The van der Waals surface area contributed by atoms with Crippen LogP contribution in [0.3, 0.4) is 0 Å². The summed E-state index contributed by atoms with van der Waals surface area (Å²) in [7, 11) is 1.62. The summed E-state index contributed by atoms with van der Waals surface area (Å²) in [5.74, 6) is 0.770. The average molecular weight is 274 g/mol. The second-order valence-electron chi connectivity index (χ2n) is 5.53. The number of ether oxygens (including phenoxy) is 1. The van der Waals surface area contributed by atoms with Gasteiger partial charge in [0.15, 0.2) is 0 Å². The van der Waals surface area contributed by atoms with Gasteiger partial charge in [0.05, 0.1) is 24.3 Å². The largest absolute Gasteiger partial charge is 0.496 e. The molecule has 1 aliphatic rings. The van der Waals surface area contributed by atoms with Crippen LogP contribution in [0.25, 0.3) is 0 Å². The molecule has 20 heavy (non-hydrogen) atoms. The van der Waals surface area contributed by atoms with Crippen molar-refractivity contribution in [1.29, 1.82) is 5.26 Å². The van der Waals surface area contributed by atoms with Crippen LogP contribution in [0.1, 0.15) is 43.2 Å². The lowest BCUT2D eigenvalue weighted by molar-refractivity contribution is 0.00464. The van der Waals surface area contributed by atoms with Gasteiger partial charge in [-0.1, -0.05) is 19.3 Å². The number of nitriles is 1. The topological polar surface area (TPSA) is 65.3 Å². The Labute approximate surface area is 120 Å². The van der Waals surface area contributed by atoms with E-state index in [4.69, 9.17) is 10.00 Å². The van der Waals surface area contributed by atoms with Crippen LogP contribution in [0.4, 0.5) is 0 Å². The van der Waals surface area contributed by atoms with Crippen molar-refractivity contribution < 1.29 is 9.84 Å². The fraction of sp³-hybridized carbons (Fsp3) is 0.562. The number of nitrogens with one attached hydrogen (secondary N) is 1. The van der Waals surface area contributed by atoms with Gasteiger partial charge < -0.3 is 15.2 Å². The average Bonchev–Trinajstić information content (AvgIpc) is 2.47. The van der Waals surface area contributed by atoms with E-state index in [-0.39, 0.29) is 0 Å². The first-order valence-corrected chi connectivity index (χ1v) is 7.17. The van der Waals surface area contributed by atoms with Gasteiger partial charge in [0, 0.05) is 18.7 Å². The van der Waals surface area contributed by atoms with Crippen LogP contribution in [0.2, 0.25) is 0 Å². The molecule has 1 aromatic rings. The summed E-state index contributed by atoms with van der Waals surface area (Å²) in [6, 6.07) is 7.52. The fourth-order valence-corrected chi connectivity index (χ4v) is 2.80. The monoisotopic (exact) mass is 274 g/mol. The van der Waals surface area contributed by atoms with E-state index in [1.54, 1.807) is 13.2 Å². The van der Waals surface area contributed by atoms with Gasteiger partial charge >= 0.3 is 0 Å². The van der Waals surface area contributed by atoms with E-state index in [2.05, 4.69) is 11.4 Å². The lowest BCUT2D eigenvalue weighted by atomic mass is 9.85. The molecule has 4 nitrogen and oxygen atoms in total. The lowest BCUT2D eigenvalue weighted by Crippen LogP contribution is -2.41. The van der Waals surface area contributed by atoms with Crippen LogP contribution in [0.5, 0.6) is 5.75 Å². The highest BCUT2D eigenvalue weighted by atomic mass is 16.5. The smallest absolute Gasteiger partial charge is 0.123 e. The van der Waals surface area contributed by atoms with Gasteiger partial charge in [-0.2, -0.15) is 5.26 Å². The zero-order valence-electron chi connectivity index (χ0n) is 12.0. The molecule has 0 atom stereocenters. The molecular weight excluding hydrogens is 252 g/mol. The molecule has 0 aromatic heterocycles. The Bertz CT molecular complexity index is 488. The molecule has 1 fully saturated rings. The number of benzene rings is 1. The van der Waals surface area contributed by atoms with Crippen LogP contribution < -0.4 is 10.1 Å². The maximum Gasteiger partial charge on any atom is 0.123 e. The van der Waals surface area contributed by atoms with E-state index in [1.165, 1.54) is 6.42 Å². The van der Waals surface area contributed by atoms with Crippen molar-refractivity contribution in [3.05, 3.63) is 29.3 Å². The lowest BCUT2D eigenvalue weighted by Gasteiger charge is -2.32. The molecule has 4 heteroatoms. The van der Waals surface area contributed by atoms with Crippen LogP contribution >= 0.6 is 0 Å². The number of aliphatic hydroxyl groups is 1. The van der Waals surface area contributed by atoms with E-state index in [1.807, 2.05) is 12.1 Å². The molecular formula is C16H22N2O2. The fourth-order valence-electron chi connectivity index (χ4n) is 2.80. The Morgan fingerprint density at radius 1 is 1.35 bits per heavy atom. The molecule has 0 bridgehead atoms. The second kappa shape index (κ2) is 6.74. The predicted molar refractivity (Wildman–Crippen MR) is 77.5 cm³/mol. The van der Waals surface area contributed by atoms with Crippen LogP contribution in [0, 0.1) is 11.3 Å². The summed E-state index contributed by atoms with van der Waals surface area (Å²) in [5, 5.41) is 22.7. The van der Waals surface area contributed by atoms with Gasteiger partial charge in [-0.05, 0) is 31.0 Å². The third-order valence-electron chi connectivity index (χ3n) is 3.96. The Balaban J connectivity index is 1.94. The molecule has 0 saturated heterocycles. The van der Waals surface area contributed by atoms with E-state index in [0.29, 0.717) is 18.7 Å². The Morgan fingerprint density at radius 2 is 2.10 bits per heavy atom. The van der Waals surface area contributed by atoms with E-state index in [9.17, 15) is 5.11 Å². The standard InChI is InChI=1S/C16H22N2O2/c1-20-15-6-5-13(10-17)9-14(15)11-18-12-16(19)7-3-2-4-8-16/h5-6,9,18-19H,2-4,7-8,11-12H2,1H3. The van der Waals surface area contributed by atoms with E-state index in [0.717, 1.165) is 37.0 Å². The number of hydrogen-bond donors (Lipinski definition) is 2. The molecule has 2 N–H and O–H groups in total. The van der Waals surface area contributed by atoms with Crippen molar-refractivity contribution in [1.82, 2.24) is 5.32 Å². The molecule has 1 aliphatic carbocycles. The van der Waals surface area contributed by atoms with Crippen molar-refractivity contribution in [3.63, 3.8) is 0 Å². The third kappa shape index (κ3) is 3.72. The van der Waals surface area contributed by atoms with Crippen molar-refractivity contribution in [2.24, 2.45) is 0 Å². The Kier molecular flexibility index (Phi) is 4.99. The highest BCUT2D eigenvalue weighted by molar-refractivity contribution is 5.41. The molecule has 0 unspecified atom stereocenters. The van der Waals surface area contributed by atoms with E-state index < -0.39 is 5.60 Å². The van der Waals surface area contributed by atoms with Crippen LogP contribution in [-0.2, 0) is 6.54 Å². The minimum atomic E-state index is -0.571. The normalized spacial score (nSPS) is 17.4. The molecule has 0 heterocycles. The number of rotatable bonds is 5. The first-order valence-electron chi connectivity index (χ1n) is 7.17. The molecule has 0 radical (unpaired) electrons. The number of nitrogens with zero attached hydrogens (tertiary/aromatic N) is 1. The highest BCUT2D eigenvalue weighted by Crippen LogP contribution is 2.27. The SMILES string of the molecule is COc1ccc(C#N)cc1CNCC1(O)CCCCC1. The molecule has 0 spiro atoms. The Morgan fingerprint density at radius 3 is 2.75 bits per heavy atom. The zero-order chi connectivity index (χ0) is 14.4. The summed E-state index contributed by atoms with van der Waals surface area (Å²) in [5.41, 5.74) is 1.00. The van der Waals surface area contributed by atoms with Gasteiger partial charge in [-0.25, -0.2) is 0 Å². The van der Waals surface area contributed by atoms with E-state index >= 15 is 0 Å².